The lowest BCUT2D eigenvalue weighted by Crippen LogP contribution is -2.54. The Morgan fingerprint density at radius 2 is 1.90 bits per heavy atom. The molecule has 5 heteroatoms. The number of nitrogens with one attached hydrogen (secondary N) is 1. The van der Waals surface area contributed by atoms with E-state index >= 15 is 0 Å². The van der Waals surface area contributed by atoms with Gasteiger partial charge in [-0.05, 0) is 31.6 Å². The molecule has 0 heterocycles. The number of amides is 1. The Hall–Kier alpha value is -0.190. The van der Waals surface area contributed by atoms with E-state index in [0.29, 0.717) is 18.8 Å². The molecule has 2 nitrogen and oxygen atoms in total. The molecule has 1 N–H and O–H groups in total. The smallest absolute Gasteiger partial charge is 0.248 e. The molecule has 2 saturated carbocycles. The van der Waals surface area contributed by atoms with Crippen LogP contribution < -0.4 is 5.32 Å². The molecule has 116 valence electrons. The van der Waals surface area contributed by atoms with Gasteiger partial charge in [0.15, 0.2) is 0 Å². The molecule has 2 unspecified atom stereocenters. The summed E-state index contributed by atoms with van der Waals surface area (Å²) in [6.45, 7) is 2.21. The first-order chi connectivity index (χ1) is 9.36. The van der Waals surface area contributed by atoms with Crippen LogP contribution in [-0.2, 0) is 4.79 Å². The summed E-state index contributed by atoms with van der Waals surface area (Å²) in [4.78, 5) is 12.4. The van der Waals surface area contributed by atoms with Crippen molar-refractivity contribution >= 4 is 21.8 Å². The highest BCUT2D eigenvalue weighted by atomic mass is 79.9. The van der Waals surface area contributed by atoms with Crippen molar-refractivity contribution in [1.29, 1.82) is 0 Å². The molecule has 2 fully saturated rings. The van der Waals surface area contributed by atoms with Crippen molar-refractivity contribution in [3.05, 3.63) is 0 Å². The van der Waals surface area contributed by atoms with Crippen molar-refractivity contribution < 1.29 is 13.6 Å². The quantitative estimate of drug-likeness (QED) is 0.755. The number of halogens is 3. The Bertz CT molecular complexity index is 354. The standard InChI is InChI=1S/C15H24BrF2NO/c1-11-3-2-6-14(9-11,10-16)19-13(20)12-4-7-15(17,18)8-5-12/h11-12H,2-10H2,1H3,(H,19,20). The maximum atomic E-state index is 13.2. The van der Waals surface area contributed by atoms with Crippen molar-refractivity contribution in [1.82, 2.24) is 5.32 Å². The van der Waals surface area contributed by atoms with E-state index < -0.39 is 5.92 Å². The molecular formula is C15H24BrF2NO. The molecule has 0 saturated heterocycles. The second-order valence-electron chi connectivity index (χ2n) is 6.73. The molecule has 0 aliphatic heterocycles. The minimum Gasteiger partial charge on any atom is -0.350 e. The second-order valence-corrected chi connectivity index (χ2v) is 7.30. The van der Waals surface area contributed by atoms with Gasteiger partial charge in [0.2, 0.25) is 11.8 Å². The zero-order chi connectivity index (χ0) is 14.8. The van der Waals surface area contributed by atoms with Gasteiger partial charge in [-0.2, -0.15) is 0 Å². The van der Waals surface area contributed by atoms with Gasteiger partial charge in [-0.1, -0.05) is 35.7 Å². The van der Waals surface area contributed by atoms with Crippen LogP contribution >= 0.6 is 15.9 Å². The molecule has 2 aliphatic rings. The largest absolute Gasteiger partial charge is 0.350 e. The summed E-state index contributed by atoms with van der Waals surface area (Å²) in [5.41, 5.74) is -0.172. The summed E-state index contributed by atoms with van der Waals surface area (Å²) in [6.07, 6.45) is 4.62. The average molecular weight is 352 g/mol. The number of carbonyl (C=O) groups is 1. The maximum Gasteiger partial charge on any atom is 0.248 e. The fourth-order valence-corrected chi connectivity index (χ4v) is 4.24. The van der Waals surface area contributed by atoms with Crippen molar-refractivity contribution in [2.75, 3.05) is 5.33 Å². The Morgan fingerprint density at radius 1 is 1.25 bits per heavy atom. The van der Waals surface area contributed by atoms with E-state index in [0.717, 1.165) is 24.6 Å². The van der Waals surface area contributed by atoms with Gasteiger partial charge in [-0.3, -0.25) is 4.79 Å². The SMILES string of the molecule is CC1CCCC(CBr)(NC(=O)C2CCC(F)(F)CC2)C1. The summed E-state index contributed by atoms with van der Waals surface area (Å²) >= 11 is 3.53. The molecule has 0 spiro atoms. The van der Waals surface area contributed by atoms with Crippen LogP contribution in [0.2, 0.25) is 0 Å². The average Bonchev–Trinajstić information content (AvgIpc) is 2.38. The van der Waals surface area contributed by atoms with Crippen LogP contribution in [0, 0.1) is 11.8 Å². The lowest BCUT2D eigenvalue weighted by Gasteiger charge is -2.41. The van der Waals surface area contributed by atoms with E-state index in [4.69, 9.17) is 0 Å². The summed E-state index contributed by atoms with van der Waals surface area (Å²) in [7, 11) is 0. The summed E-state index contributed by atoms with van der Waals surface area (Å²) in [5, 5.41) is 3.93. The Labute approximate surface area is 128 Å². The van der Waals surface area contributed by atoms with Crippen LogP contribution in [0.5, 0.6) is 0 Å². The van der Waals surface area contributed by atoms with Gasteiger partial charge in [0.05, 0.1) is 0 Å². The Balaban J connectivity index is 1.93. The number of rotatable bonds is 3. The van der Waals surface area contributed by atoms with Crippen molar-refractivity contribution in [2.45, 2.75) is 69.8 Å². The molecule has 0 bridgehead atoms. The summed E-state index contributed by atoms with van der Waals surface area (Å²) in [5.74, 6) is -2.21. The highest BCUT2D eigenvalue weighted by molar-refractivity contribution is 9.09. The van der Waals surface area contributed by atoms with Gasteiger partial charge in [0.1, 0.15) is 0 Å². The van der Waals surface area contributed by atoms with Crippen molar-refractivity contribution in [3.63, 3.8) is 0 Å². The van der Waals surface area contributed by atoms with Crippen LogP contribution in [-0.4, -0.2) is 22.7 Å². The van der Waals surface area contributed by atoms with E-state index in [2.05, 4.69) is 28.2 Å². The normalized spacial score (nSPS) is 34.7. The van der Waals surface area contributed by atoms with Gasteiger partial charge in [0.25, 0.3) is 0 Å². The van der Waals surface area contributed by atoms with E-state index in [1.807, 2.05) is 0 Å². The van der Waals surface area contributed by atoms with Crippen molar-refractivity contribution in [2.24, 2.45) is 11.8 Å². The van der Waals surface area contributed by atoms with Crippen molar-refractivity contribution in [3.8, 4) is 0 Å². The fourth-order valence-electron chi connectivity index (χ4n) is 3.59. The topological polar surface area (TPSA) is 29.1 Å². The van der Waals surface area contributed by atoms with Crippen LogP contribution in [0.4, 0.5) is 8.78 Å². The Kier molecular flexibility index (Phi) is 5.09. The zero-order valence-electron chi connectivity index (χ0n) is 12.1. The minimum atomic E-state index is -2.57. The number of carbonyl (C=O) groups excluding carboxylic acids is 1. The van der Waals surface area contributed by atoms with Crippen LogP contribution in [0.15, 0.2) is 0 Å². The molecule has 2 atom stereocenters. The lowest BCUT2D eigenvalue weighted by molar-refractivity contribution is -0.131. The first-order valence-electron chi connectivity index (χ1n) is 7.62. The third-order valence-electron chi connectivity index (χ3n) is 4.82. The number of hydrogen-bond donors (Lipinski definition) is 1. The van der Waals surface area contributed by atoms with Gasteiger partial charge in [0, 0.05) is 29.6 Å². The molecule has 2 rings (SSSR count). The fraction of sp³-hybridized carbons (Fsp3) is 0.933. The van der Waals surface area contributed by atoms with Gasteiger partial charge >= 0.3 is 0 Å². The van der Waals surface area contributed by atoms with Crippen LogP contribution in [0.3, 0.4) is 0 Å². The summed E-state index contributed by atoms with van der Waals surface area (Å²) in [6, 6.07) is 0. The molecule has 0 radical (unpaired) electrons. The van der Waals surface area contributed by atoms with E-state index in [9.17, 15) is 13.6 Å². The highest BCUT2D eigenvalue weighted by Gasteiger charge is 2.40. The third-order valence-corrected chi connectivity index (χ3v) is 5.90. The van der Waals surface area contributed by atoms with Crippen LogP contribution in [0.1, 0.15) is 58.3 Å². The summed E-state index contributed by atoms with van der Waals surface area (Å²) < 4.78 is 26.3. The molecule has 2 aliphatic carbocycles. The van der Waals surface area contributed by atoms with E-state index in [1.54, 1.807) is 0 Å². The molecule has 0 aromatic rings. The third kappa shape index (κ3) is 3.92. The first kappa shape index (κ1) is 16.2. The minimum absolute atomic E-state index is 0.0194. The predicted molar refractivity (Wildman–Crippen MR) is 79.2 cm³/mol. The van der Waals surface area contributed by atoms with Gasteiger partial charge < -0.3 is 5.32 Å². The monoisotopic (exact) mass is 351 g/mol. The highest BCUT2D eigenvalue weighted by Crippen LogP contribution is 2.38. The molecular weight excluding hydrogens is 328 g/mol. The van der Waals surface area contributed by atoms with Gasteiger partial charge in [-0.15, -0.1) is 0 Å². The Morgan fingerprint density at radius 3 is 2.45 bits per heavy atom. The zero-order valence-corrected chi connectivity index (χ0v) is 13.6. The van der Waals surface area contributed by atoms with Crippen LogP contribution in [0.25, 0.3) is 0 Å². The maximum absolute atomic E-state index is 13.2. The number of hydrogen-bond acceptors (Lipinski definition) is 1. The molecule has 0 aromatic carbocycles. The molecule has 0 aromatic heterocycles. The predicted octanol–water partition coefficient (Wildman–Crippen LogP) is 4.27. The van der Waals surface area contributed by atoms with E-state index in [-0.39, 0.29) is 30.2 Å². The van der Waals surface area contributed by atoms with E-state index in [1.165, 1.54) is 6.42 Å². The molecule has 1 amide bonds. The lowest BCUT2D eigenvalue weighted by atomic mass is 9.77. The number of alkyl halides is 3. The first-order valence-corrected chi connectivity index (χ1v) is 8.74. The molecule has 20 heavy (non-hydrogen) atoms. The van der Waals surface area contributed by atoms with Gasteiger partial charge in [-0.25, -0.2) is 8.78 Å². The second kappa shape index (κ2) is 6.29.